The van der Waals surface area contributed by atoms with Crippen LogP contribution in [0.25, 0.3) is 11.0 Å². The first-order chi connectivity index (χ1) is 39.5. The molecule has 3 aromatic carbocycles. The Kier molecular flexibility index (Phi) is 13.9. The summed E-state index contributed by atoms with van der Waals surface area (Å²) in [6.45, 7) is 5.89. The molecule has 4 saturated carbocycles. The third-order valence-electron chi connectivity index (χ3n) is 21.5. The van der Waals surface area contributed by atoms with E-state index in [-0.39, 0.29) is 81.5 Å². The molecular weight excluding hydrogens is 1040 g/mol. The van der Waals surface area contributed by atoms with Gasteiger partial charge in [-0.1, -0.05) is 62.2 Å². The highest BCUT2D eigenvalue weighted by Crippen LogP contribution is 2.62. The average Bonchev–Trinajstić information content (AvgIpc) is 1.59. The zero-order chi connectivity index (χ0) is 57.0. The summed E-state index contributed by atoms with van der Waals surface area (Å²) in [6, 6.07) is 14.7. The van der Waals surface area contributed by atoms with Gasteiger partial charge in [0.15, 0.2) is 5.43 Å². The summed E-state index contributed by atoms with van der Waals surface area (Å²) in [5.41, 5.74) is 11.3. The maximum Gasteiger partial charge on any atom is 0.337 e. The van der Waals surface area contributed by atoms with Gasteiger partial charge < -0.3 is 60.9 Å². The van der Waals surface area contributed by atoms with Gasteiger partial charge >= 0.3 is 5.97 Å². The highest BCUT2D eigenvalue weighted by molar-refractivity contribution is 5.93. The monoisotopic (exact) mass is 1120 g/mol. The van der Waals surface area contributed by atoms with Crippen LogP contribution in [0.2, 0.25) is 0 Å². The summed E-state index contributed by atoms with van der Waals surface area (Å²) < 4.78 is 21.4. The van der Waals surface area contributed by atoms with Gasteiger partial charge in [-0.05, 0) is 190 Å². The van der Waals surface area contributed by atoms with E-state index in [0.717, 1.165) is 84.5 Å². The minimum Gasteiger partial charge on any atom is -0.508 e. The van der Waals surface area contributed by atoms with Gasteiger partial charge in [0.1, 0.15) is 58.1 Å². The number of aryl methyl sites for hydroxylation is 1. The van der Waals surface area contributed by atoms with Crippen molar-refractivity contribution in [3.05, 3.63) is 156 Å². The van der Waals surface area contributed by atoms with Crippen molar-refractivity contribution in [2.45, 2.75) is 177 Å². The number of phenols is 2. The van der Waals surface area contributed by atoms with E-state index in [0.29, 0.717) is 62.0 Å². The number of hydrogen-bond acceptors (Lipinski definition) is 15. The second kappa shape index (κ2) is 20.8. The van der Waals surface area contributed by atoms with Crippen LogP contribution in [0.15, 0.2) is 116 Å². The van der Waals surface area contributed by atoms with Crippen LogP contribution >= 0.6 is 0 Å². The molecule has 4 aromatic rings. The highest BCUT2D eigenvalue weighted by Gasteiger charge is 2.59. The number of ether oxygens (including phenoxy) is 2. The molecule has 11 N–H and O–H groups in total. The zero-order valence-corrected chi connectivity index (χ0v) is 47.5. The molecule has 1 spiro atoms. The Morgan fingerprint density at radius 3 is 2.59 bits per heavy atom. The van der Waals surface area contributed by atoms with Crippen molar-refractivity contribution in [2.75, 3.05) is 19.7 Å². The largest absolute Gasteiger partial charge is 0.508 e. The number of rotatable bonds is 9. The fourth-order valence-corrected chi connectivity index (χ4v) is 17.5. The molecule has 0 amide bonds. The van der Waals surface area contributed by atoms with Crippen molar-refractivity contribution in [3.8, 4) is 17.2 Å². The van der Waals surface area contributed by atoms with E-state index in [1.165, 1.54) is 18.4 Å². The molecule has 1 aromatic heterocycles. The molecule has 15 heteroatoms. The van der Waals surface area contributed by atoms with Crippen molar-refractivity contribution >= 4 is 16.9 Å². The molecule has 13 rings (SSSR count). The maximum atomic E-state index is 15.6. The van der Waals surface area contributed by atoms with Crippen LogP contribution in [0, 0.1) is 23.2 Å². The van der Waals surface area contributed by atoms with Crippen LogP contribution in [-0.4, -0.2) is 79.8 Å². The number of aliphatic hydroxyl groups excluding tert-OH is 2. The Labute approximate surface area is 479 Å². The van der Waals surface area contributed by atoms with Crippen LogP contribution in [0.3, 0.4) is 0 Å². The lowest BCUT2D eigenvalue weighted by atomic mass is 9.61. The number of dihydropyridines is 2. The fourth-order valence-electron chi connectivity index (χ4n) is 17.5. The molecule has 82 heavy (non-hydrogen) atoms. The predicted octanol–water partition coefficient (Wildman–Crippen LogP) is 8.78. The molecule has 11 atom stereocenters. The molecule has 11 unspecified atom stereocenters. The van der Waals surface area contributed by atoms with Crippen molar-refractivity contribution < 1.29 is 49.3 Å². The molecule has 9 aliphatic rings. The Morgan fingerprint density at radius 1 is 0.976 bits per heavy atom. The van der Waals surface area contributed by atoms with Crippen LogP contribution in [0.4, 0.5) is 0 Å². The second-order valence-electron chi connectivity index (χ2n) is 25.8. The van der Waals surface area contributed by atoms with E-state index in [4.69, 9.17) is 19.6 Å². The number of fused-ring (bicyclic) bond motifs is 9. The minimum atomic E-state index is -1.56. The number of aliphatic hydroxyl groups is 4. The number of hydrogen-bond donors (Lipinski definition) is 10. The van der Waals surface area contributed by atoms with E-state index in [1.807, 2.05) is 25.1 Å². The van der Waals surface area contributed by atoms with Gasteiger partial charge in [-0.15, -0.1) is 0 Å². The molecule has 0 radical (unpaired) electrons. The quantitative estimate of drug-likeness (QED) is 0.0556. The zero-order valence-electron chi connectivity index (χ0n) is 47.5. The number of benzene rings is 3. The molecule has 4 aliphatic heterocycles. The Bertz CT molecular complexity index is 3480. The van der Waals surface area contributed by atoms with E-state index >= 15 is 4.79 Å². The normalized spacial score (nSPS) is 32.7. The van der Waals surface area contributed by atoms with Crippen molar-refractivity contribution in [1.29, 1.82) is 0 Å². The Balaban J connectivity index is 0.964. The first-order valence-electron chi connectivity index (χ1n) is 30.3. The van der Waals surface area contributed by atoms with Crippen LogP contribution in [-0.2, 0) is 34.6 Å². The van der Waals surface area contributed by atoms with Gasteiger partial charge in [0.25, 0.3) is 0 Å². The van der Waals surface area contributed by atoms with Crippen LogP contribution < -0.4 is 31.8 Å². The SMILES string of the molecule is CC=C(C(=O)OC1Cc2c3c(c4oc(CO)cc(=O)c4c2O)C2C4=CCNC(N)=C4C(CCc4ccc(O)cc4C2CO)C2CCC4=CC(NCC)NC=C4CC2C1(C)O3)C1(O)CCC(c2cccc(C3(O)CCC4(CCCC4)C3)c2)C1. The number of likely N-dealkylation sites (N-methyl/N-ethyl adjacent to an activating group) is 1. The number of nitrogens with one attached hydrogen (secondary N) is 3. The summed E-state index contributed by atoms with van der Waals surface area (Å²) in [7, 11) is 0. The minimum absolute atomic E-state index is 0.0179. The van der Waals surface area contributed by atoms with Crippen LogP contribution in [0.5, 0.6) is 17.2 Å². The smallest absolute Gasteiger partial charge is 0.337 e. The third kappa shape index (κ3) is 8.93. The third-order valence-corrected chi connectivity index (χ3v) is 21.5. The Morgan fingerprint density at radius 2 is 1.80 bits per heavy atom. The fraction of sp³-hybridized carbons (Fsp3) is 0.522. The standard InChI is InChI=1S/C67H80N4O11/c1-4-50(66(78)21-17-39(31-66)37-9-8-10-41(25-37)67(79)23-22-65(35-67)19-6-7-20-65)63(77)81-53-30-48-59(76)57-52(75)29-43(33-72)80-61(57)58-55-46-18-24-70-62(68)56(46)45(16-12-36-11-14-42(74)28-47(36)49(55)34-73)44-15-13-38-27-54(69-5-2)71-32-40(38)26-51(44)64(53,3)82-60(48)58/h4,8-11,14,18,25,27-29,32,39,44-45,49,51,53-55,69-74,76,78-79H,5-7,12-13,15-17,19-24,26,30-31,33-35,68H2,1-3H3. The lowest BCUT2D eigenvalue weighted by molar-refractivity contribution is -0.171. The number of esters is 1. The molecule has 4 fully saturated rings. The molecule has 0 saturated heterocycles. The predicted molar refractivity (Wildman–Crippen MR) is 310 cm³/mol. The summed E-state index contributed by atoms with van der Waals surface area (Å²) >= 11 is 0. The number of allylic oxidation sites excluding steroid dienone is 5. The van der Waals surface area contributed by atoms with Gasteiger partial charge in [0.05, 0.1) is 29.5 Å². The molecule has 15 nitrogen and oxygen atoms in total. The molecular formula is C67H80N4O11. The molecule has 5 aliphatic carbocycles. The number of carbonyl (C=O) groups excluding carboxylic acids is 1. The first-order valence-corrected chi connectivity index (χ1v) is 30.3. The first kappa shape index (κ1) is 54.9. The van der Waals surface area contributed by atoms with Crippen molar-refractivity contribution in [1.82, 2.24) is 16.0 Å². The highest BCUT2D eigenvalue weighted by atomic mass is 16.6. The average molecular weight is 1120 g/mol. The number of aromatic hydroxyl groups is 2. The van der Waals surface area contributed by atoms with Crippen molar-refractivity contribution in [2.24, 2.45) is 28.9 Å². The lowest BCUT2D eigenvalue weighted by Crippen LogP contribution is -2.59. The molecule has 434 valence electrons. The van der Waals surface area contributed by atoms with E-state index in [2.05, 4.69) is 53.4 Å². The van der Waals surface area contributed by atoms with Gasteiger partial charge in [-0.3, -0.25) is 10.1 Å². The van der Waals surface area contributed by atoms with Gasteiger partial charge in [0, 0.05) is 54.1 Å². The molecule has 5 heterocycles. The Hall–Kier alpha value is -6.36. The van der Waals surface area contributed by atoms with E-state index < -0.39 is 71.0 Å². The van der Waals surface area contributed by atoms with Crippen molar-refractivity contribution in [3.63, 3.8) is 0 Å². The maximum absolute atomic E-state index is 15.6. The number of nitrogens with two attached hydrogens (primary N) is 1. The van der Waals surface area contributed by atoms with E-state index in [1.54, 1.807) is 25.1 Å². The molecule has 4 bridgehead atoms. The van der Waals surface area contributed by atoms with Gasteiger partial charge in [0.2, 0.25) is 0 Å². The topological polar surface area (TPSA) is 249 Å². The van der Waals surface area contributed by atoms with Gasteiger partial charge in [-0.2, -0.15) is 0 Å². The summed E-state index contributed by atoms with van der Waals surface area (Å²) in [5, 5.41) is 82.2. The number of carbonyl (C=O) groups is 1. The summed E-state index contributed by atoms with van der Waals surface area (Å²) in [4.78, 5) is 30.2. The van der Waals surface area contributed by atoms with Crippen LogP contribution in [0.1, 0.15) is 168 Å². The van der Waals surface area contributed by atoms with Gasteiger partial charge in [-0.25, -0.2) is 4.79 Å². The van der Waals surface area contributed by atoms with E-state index in [9.17, 15) is 35.4 Å². The second-order valence-corrected chi connectivity index (χ2v) is 25.8. The summed E-state index contributed by atoms with van der Waals surface area (Å²) in [5.74, 6) is -3.10. The lowest BCUT2D eigenvalue weighted by Gasteiger charge is -2.52. The number of phenolic OH excluding ortho intramolecular Hbond substituents is 2. The summed E-state index contributed by atoms with van der Waals surface area (Å²) in [6.07, 6.45) is 18.3.